The Balaban J connectivity index is 2.31. The smallest absolute Gasteiger partial charge is 0.222 e. The first kappa shape index (κ1) is 10.4. The molecular formula is C12H10BrN3O. The predicted octanol–water partition coefficient (Wildman–Crippen LogP) is 3.18. The molecule has 86 valence electrons. The molecule has 0 saturated heterocycles. The molecule has 2 N–H and O–H groups in total. The van der Waals surface area contributed by atoms with Gasteiger partial charge >= 0.3 is 0 Å². The van der Waals surface area contributed by atoms with Gasteiger partial charge in [0, 0.05) is 40.2 Å². The van der Waals surface area contributed by atoms with E-state index in [-0.39, 0.29) is 0 Å². The van der Waals surface area contributed by atoms with Crippen LogP contribution in [0, 0.1) is 0 Å². The maximum Gasteiger partial charge on any atom is 0.222 e. The third-order valence-electron chi connectivity index (χ3n) is 2.76. The Bertz CT molecular complexity index is 699. The van der Waals surface area contributed by atoms with E-state index in [1.807, 2.05) is 19.3 Å². The second kappa shape index (κ2) is 3.63. The van der Waals surface area contributed by atoms with E-state index in [1.165, 1.54) is 0 Å². The average molecular weight is 292 g/mol. The molecule has 0 saturated carbocycles. The van der Waals surface area contributed by atoms with Crippen LogP contribution in [-0.4, -0.2) is 9.72 Å². The lowest BCUT2D eigenvalue weighted by atomic mass is 10.1. The van der Waals surface area contributed by atoms with Gasteiger partial charge in [0.25, 0.3) is 0 Å². The molecule has 0 unspecified atom stereocenters. The number of aryl methyl sites for hydroxylation is 1. The minimum atomic E-state index is 0.328. The van der Waals surface area contributed by atoms with Gasteiger partial charge in [0.15, 0.2) is 0 Å². The minimum absolute atomic E-state index is 0.328. The van der Waals surface area contributed by atoms with Crippen molar-refractivity contribution < 1.29 is 4.52 Å². The summed E-state index contributed by atoms with van der Waals surface area (Å²) in [7, 11) is 2.00. The molecule has 3 rings (SSSR count). The van der Waals surface area contributed by atoms with Crippen molar-refractivity contribution in [2.45, 2.75) is 0 Å². The van der Waals surface area contributed by atoms with Crippen LogP contribution in [0.15, 0.2) is 39.5 Å². The summed E-state index contributed by atoms with van der Waals surface area (Å²) in [6.07, 6.45) is 2.02. The number of anilines is 1. The van der Waals surface area contributed by atoms with Crippen molar-refractivity contribution in [3.8, 4) is 11.3 Å². The largest absolute Gasteiger partial charge is 0.368 e. The van der Waals surface area contributed by atoms with Crippen molar-refractivity contribution >= 4 is 32.7 Å². The molecule has 5 heteroatoms. The maximum absolute atomic E-state index is 5.55. The van der Waals surface area contributed by atoms with Gasteiger partial charge in [-0.3, -0.25) is 0 Å². The maximum atomic E-state index is 5.55. The van der Waals surface area contributed by atoms with Gasteiger partial charge in [-0.1, -0.05) is 27.2 Å². The van der Waals surface area contributed by atoms with Crippen LogP contribution in [0.25, 0.3) is 22.2 Å². The van der Waals surface area contributed by atoms with E-state index in [1.54, 1.807) is 6.07 Å². The molecule has 2 heterocycles. The first-order chi connectivity index (χ1) is 8.15. The van der Waals surface area contributed by atoms with Gasteiger partial charge in [0.2, 0.25) is 5.88 Å². The SMILES string of the molecule is Cn1cc(-c2cc(N)on2)c2ccc(Br)cc21. The fourth-order valence-corrected chi connectivity index (χ4v) is 2.33. The highest BCUT2D eigenvalue weighted by Crippen LogP contribution is 2.31. The Kier molecular flexibility index (Phi) is 2.22. The monoisotopic (exact) mass is 291 g/mol. The second-order valence-corrected chi connectivity index (χ2v) is 4.85. The molecule has 0 fully saturated rings. The molecule has 0 spiro atoms. The van der Waals surface area contributed by atoms with Crippen molar-refractivity contribution in [3.63, 3.8) is 0 Å². The van der Waals surface area contributed by atoms with Gasteiger partial charge in [0.05, 0.1) is 0 Å². The fraction of sp³-hybridized carbons (Fsp3) is 0.0833. The number of nitrogens with two attached hydrogens (primary N) is 1. The van der Waals surface area contributed by atoms with Gasteiger partial charge in [-0.15, -0.1) is 0 Å². The first-order valence-corrected chi connectivity index (χ1v) is 5.91. The summed E-state index contributed by atoms with van der Waals surface area (Å²) in [5.41, 5.74) is 8.47. The molecule has 0 bridgehead atoms. The molecule has 0 aliphatic heterocycles. The zero-order valence-corrected chi connectivity index (χ0v) is 10.7. The summed E-state index contributed by atoms with van der Waals surface area (Å²) in [6, 6.07) is 7.87. The van der Waals surface area contributed by atoms with Crippen LogP contribution in [0.2, 0.25) is 0 Å². The number of hydrogen-bond acceptors (Lipinski definition) is 3. The second-order valence-electron chi connectivity index (χ2n) is 3.93. The standard InChI is InChI=1S/C12H10BrN3O/c1-16-6-9(10-5-12(14)17-15-10)8-3-2-7(13)4-11(8)16/h2-6H,14H2,1H3. The highest BCUT2D eigenvalue weighted by molar-refractivity contribution is 9.10. The molecule has 3 aromatic rings. The lowest BCUT2D eigenvalue weighted by Crippen LogP contribution is -1.82. The quantitative estimate of drug-likeness (QED) is 0.749. The van der Waals surface area contributed by atoms with Crippen molar-refractivity contribution in [3.05, 3.63) is 34.9 Å². The van der Waals surface area contributed by atoms with E-state index >= 15 is 0 Å². The molecule has 1 aromatic carbocycles. The lowest BCUT2D eigenvalue weighted by molar-refractivity contribution is 0.439. The first-order valence-electron chi connectivity index (χ1n) is 5.12. The van der Waals surface area contributed by atoms with Crippen LogP contribution >= 0.6 is 15.9 Å². The molecule has 4 nitrogen and oxygen atoms in total. The van der Waals surface area contributed by atoms with E-state index in [9.17, 15) is 0 Å². The number of nitrogen functional groups attached to an aromatic ring is 1. The number of benzene rings is 1. The number of nitrogens with zero attached hydrogens (tertiary/aromatic N) is 2. The Morgan fingerprint density at radius 2 is 2.18 bits per heavy atom. The summed E-state index contributed by atoms with van der Waals surface area (Å²) >= 11 is 3.47. The Labute approximate surface area is 106 Å². The Hall–Kier alpha value is -1.75. The highest BCUT2D eigenvalue weighted by atomic mass is 79.9. The van der Waals surface area contributed by atoms with E-state index < -0.39 is 0 Å². The van der Waals surface area contributed by atoms with Crippen molar-refractivity contribution in [2.75, 3.05) is 5.73 Å². The summed E-state index contributed by atoms with van der Waals surface area (Å²) < 4.78 is 8.02. The van der Waals surface area contributed by atoms with Crippen molar-refractivity contribution in [2.24, 2.45) is 7.05 Å². The van der Waals surface area contributed by atoms with E-state index in [2.05, 4.69) is 37.8 Å². The molecule has 17 heavy (non-hydrogen) atoms. The molecular weight excluding hydrogens is 282 g/mol. The topological polar surface area (TPSA) is 57.0 Å². The fourth-order valence-electron chi connectivity index (χ4n) is 1.98. The molecule has 2 aromatic heterocycles. The minimum Gasteiger partial charge on any atom is -0.368 e. The summed E-state index contributed by atoms with van der Waals surface area (Å²) in [5, 5.41) is 5.08. The van der Waals surface area contributed by atoms with Crippen LogP contribution in [0.1, 0.15) is 0 Å². The predicted molar refractivity (Wildman–Crippen MR) is 70.5 cm³/mol. The van der Waals surface area contributed by atoms with Crippen LogP contribution in [-0.2, 0) is 7.05 Å². The van der Waals surface area contributed by atoms with Crippen molar-refractivity contribution in [1.82, 2.24) is 9.72 Å². The lowest BCUT2D eigenvalue weighted by Gasteiger charge is -1.96. The zero-order chi connectivity index (χ0) is 12.0. The van der Waals surface area contributed by atoms with E-state index in [4.69, 9.17) is 10.3 Å². The molecule has 0 atom stereocenters. The van der Waals surface area contributed by atoms with Crippen LogP contribution in [0.4, 0.5) is 5.88 Å². The van der Waals surface area contributed by atoms with E-state index in [0.717, 1.165) is 26.6 Å². The number of hydrogen-bond donors (Lipinski definition) is 1. The molecule has 0 amide bonds. The van der Waals surface area contributed by atoms with E-state index in [0.29, 0.717) is 5.88 Å². The van der Waals surface area contributed by atoms with Gasteiger partial charge in [-0.05, 0) is 12.1 Å². The van der Waals surface area contributed by atoms with Crippen molar-refractivity contribution in [1.29, 1.82) is 0 Å². The number of halogens is 1. The third-order valence-corrected chi connectivity index (χ3v) is 3.25. The van der Waals surface area contributed by atoms with Crippen LogP contribution in [0.3, 0.4) is 0 Å². The molecule has 0 aliphatic rings. The van der Waals surface area contributed by atoms with Gasteiger partial charge in [-0.25, -0.2) is 0 Å². The van der Waals surface area contributed by atoms with Gasteiger partial charge in [0.1, 0.15) is 5.69 Å². The van der Waals surface area contributed by atoms with Crippen LogP contribution in [0.5, 0.6) is 0 Å². The summed E-state index contributed by atoms with van der Waals surface area (Å²) in [6.45, 7) is 0. The Morgan fingerprint density at radius 1 is 1.35 bits per heavy atom. The zero-order valence-electron chi connectivity index (χ0n) is 9.14. The number of fused-ring (bicyclic) bond motifs is 1. The summed E-state index contributed by atoms with van der Waals surface area (Å²) in [5.74, 6) is 0.328. The molecule has 0 aliphatic carbocycles. The van der Waals surface area contributed by atoms with Gasteiger partial charge < -0.3 is 14.8 Å². The highest BCUT2D eigenvalue weighted by Gasteiger charge is 2.12. The third kappa shape index (κ3) is 1.63. The number of rotatable bonds is 1. The Morgan fingerprint density at radius 3 is 2.88 bits per heavy atom. The van der Waals surface area contributed by atoms with Gasteiger partial charge in [-0.2, -0.15) is 0 Å². The average Bonchev–Trinajstić information content (AvgIpc) is 2.84. The van der Waals surface area contributed by atoms with Crippen LogP contribution < -0.4 is 5.73 Å². The summed E-state index contributed by atoms with van der Waals surface area (Å²) in [4.78, 5) is 0. The number of aromatic nitrogens is 2. The molecule has 0 radical (unpaired) electrons. The normalized spacial score (nSPS) is 11.2.